The minimum Gasteiger partial charge on any atom is -0.391 e. The standard InChI is InChI=1S/C13H13F6NO/c14-12(15,16)8-3-7(4-9(5-8)13(17,18)19)10(20)11(21)6-1-2-6/h3-6,10-11,21H,1-2,20H2/t10-,11+/m0/s1. The zero-order valence-corrected chi connectivity index (χ0v) is 10.7. The fourth-order valence-electron chi connectivity index (χ4n) is 2.10. The number of hydrogen-bond donors (Lipinski definition) is 2. The number of aliphatic hydroxyl groups excluding tert-OH is 1. The molecule has 0 aromatic heterocycles. The molecule has 1 aliphatic rings. The van der Waals surface area contributed by atoms with Crippen LogP contribution >= 0.6 is 0 Å². The lowest BCUT2D eigenvalue weighted by atomic mass is 9.95. The van der Waals surface area contributed by atoms with E-state index in [0.29, 0.717) is 25.0 Å². The summed E-state index contributed by atoms with van der Waals surface area (Å²) in [7, 11) is 0. The van der Waals surface area contributed by atoms with Crippen molar-refractivity contribution < 1.29 is 31.4 Å². The molecule has 0 unspecified atom stereocenters. The Morgan fingerprint density at radius 1 is 0.952 bits per heavy atom. The van der Waals surface area contributed by atoms with Crippen molar-refractivity contribution >= 4 is 0 Å². The lowest BCUT2D eigenvalue weighted by Gasteiger charge is -2.21. The fourth-order valence-corrected chi connectivity index (χ4v) is 2.10. The van der Waals surface area contributed by atoms with E-state index in [-0.39, 0.29) is 17.5 Å². The Hall–Kier alpha value is -1.28. The first-order valence-electron chi connectivity index (χ1n) is 6.23. The van der Waals surface area contributed by atoms with E-state index >= 15 is 0 Å². The molecule has 3 N–H and O–H groups in total. The molecular weight excluding hydrogens is 300 g/mol. The first kappa shape index (κ1) is 16.1. The second kappa shape index (κ2) is 5.17. The first-order chi connectivity index (χ1) is 9.50. The monoisotopic (exact) mass is 313 g/mol. The van der Waals surface area contributed by atoms with Crippen molar-refractivity contribution in [3.05, 3.63) is 34.9 Å². The van der Waals surface area contributed by atoms with Gasteiger partial charge in [0, 0.05) is 0 Å². The lowest BCUT2D eigenvalue weighted by Crippen LogP contribution is -2.28. The van der Waals surface area contributed by atoms with Crippen LogP contribution in [0.1, 0.15) is 35.6 Å². The van der Waals surface area contributed by atoms with Gasteiger partial charge in [-0.25, -0.2) is 0 Å². The number of hydrogen-bond acceptors (Lipinski definition) is 2. The Kier molecular flexibility index (Phi) is 3.96. The molecule has 2 nitrogen and oxygen atoms in total. The number of rotatable bonds is 3. The van der Waals surface area contributed by atoms with Gasteiger partial charge < -0.3 is 10.8 Å². The zero-order valence-electron chi connectivity index (χ0n) is 10.7. The molecule has 1 aromatic carbocycles. The van der Waals surface area contributed by atoms with Gasteiger partial charge in [-0.05, 0) is 42.5 Å². The highest BCUT2D eigenvalue weighted by Gasteiger charge is 2.39. The smallest absolute Gasteiger partial charge is 0.391 e. The molecule has 2 rings (SSSR count). The zero-order chi connectivity index (χ0) is 16.0. The molecule has 0 aliphatic heterocycles. The molecular formula is C13H13F6NO. The van der Waals surface area contributed by atoms with Crippen molar-refractivity contribution in [1.82, 2.24) is 0 Å². The van der Waals surface area contributed by atoms with Crippen LogP contribution in [0.4, 0.5) is 26.3 Å². The van der Waals surface area contributed by atoms with Gasteiger partial charge in [0.05, 0.1) is 23.3 Å². The summed E-state index contributed by atoms with van der Waals surface area (Å²) in [4.78, 5) is 0. The van der Waals surface area contributed by atoms with Crippen LogP contribution in [0.15, 0.2) is 18.2 Å². The van der Waals surface area contributed by atoms with E-state index in [2.05, 4.69) is 0 Å². The van der Waals surface area contributed by atoms with Gasteiger partial charge >= 0.3 is 12.4 Å². The lowest BCUT2D eigenvalue weighted by molar-refractivity contribution is -0.143. The van der Waals surface area contributed by atoms with Crippen molar-refractivity contribution in [1.29, 1.82) is 0 Å². The third-order valence-corrected chi connectivity index (χ3v) is 3.47. The molecule has 0 radical (unpaired) electrons. The number of nitrogens with two attached hydrogens (primary N) is 1. The van der Waals surface area contributed by atoms with Gasteiger partial charge in [-0.1, -0.05) is 0 Å². The van der Waals surface area contributed by atoms with Crippen LogP contribution in [0.2, 0.25) is 0 Å². The number of halogens is 6. The maximum absolute atomic E-state index is 12.7. The van der Waals surface area contributed by atoms with Crippen molar-refractivity contribution in [3.8, 4) is 0 Å². The molecule has 1 saturated carbocycles. The molecule has 0 amide bonds. The van der Waals surface area contributed by atoms with Gasteiger partial charge in [-0.3, -0.25) is 0 Å². The third kappa shape index (κ3) is 3.68. The molecule has 0 spiro atoms. The van der Waals surface area contributed by atoms with Crippen molar-refractivity contribution in [3.63, 3.8) is 0 Å². The largest absolute Gasteiger partial charge is 0.416 e. The number of aliphatic hydroxyl groups is 1. The number of benzene rings is 1. The Morgan fingerprint density at radius 2 is 1.38 bits per heavy atom. The van der Waals surface area contributed by atoms with Crippen LogP contribution < -0.4 is 5.73 Å². The molecule has 0 bridgehead atoms. The molecule has 0 saturated heterocycles. The topological polar surface area (TPSA) is 46.2 Å². The molecule has 118 valence electrons. The summed E-state index contributed by atoms with van der Waals surface area (Å²) in [6, 6.07) is -0.114. The summed E-state index contributed by atoms with van der Waals surface area (Å²) < 4.78 is 76.2. The van der Waals surface area contributed by atoms with Gasteiger partial charge in [-0.15, -0.1) is 0 Å². The van der Waals surface area contributed by atoms with E-state index < -0.39 is 35.6 Å². The van der Waals surface area contributed by atoms with E-state index in [1.807, 2.05) is 0 Å². The van der Waals surface area contributed by atoms with Crippen molar-refractivity contribution in [2.45, 2.75) is 37.3 Å². The second-order valence-electron chi connectivity index (χ2n) is 5.19. The van der Waals surface area contributed by atoms with Crippen molar-refractivity contribution in [2.75, 3.05) is 0 Å². The summed E-state index contributed by atoms with van der Waals surface area (Å²) in [5.74, 6) is -0.163. The Bertz CT molecular complexity index is 488. The molecule has 1 aromatic rings. The van der Waals surface area contributed by atoms with E-state index in [4.69, 9.17) is 5.73 Å². The molecule has 21 heavy (non-hydrogen) atoms. The predicted octanol–water partition coefficient (Wildman–Crippen LogP) is 3.49. The van der Waals surface area contributed by atoms with Crippen LogP contribution in [0.5, 0.6) is 0 Å². The minimum absolute atomic E-state index is 0.0414. The van der Waals surface area contributed by atoms with Gasteiger partial charge in [0.2, 0.25) is 0 Å². The van der Waals surface area contributed by atoms with E-state index in [1.165, 1.54) is 0 Å². The Morgan fingerprint density at radius 3 is 1.71 bits per heavy atom. The summed E-state index contributed by atoms with van der Waals surface area (Å²) in [5.41, 5.74) is 2.40. The van der Waals surface area contributed by atoms with Gasteiger partial charge in [-0.2, -0.15) is 26.3 Å². The Labute approximate surface area is 116 Å². The maximum atomic E-state index is 12.7. The molecule has 1 fully saturated rings. The van der Waals surface area contributed by atoms with Gasteiger partial charge in [0.1, 0.15) is 0 Å². The molecule has 0 heterocycles. The molecule has 8 heteroatoms. The van der Waals surface area contributed by atoms with E-state index in [1.54, 1.807) is 0 Å². The Balaban J connectivity index is 2.44. The quantitative estimate of drug-likeness (QED) is 0.839. The number of alkyl halides is 6. The summed E-state index contributed by atoms with van der Waals surface area (Å²) >= 11 is 0. The predicted molar refractivity (Wildman–Crippen MR) is 62.1 cm³/mol. The first-order valence-corrected chi connectivity index (χ1v) is 6.23. The van der Waals surface area contributed by atoms with Gasteiger partial charge in [0.15, 0.2) is 0 Å². The second-order valence-corrected chi connectivity index (χ2v) is 5.19. The highest BCUT2D eigenvalue weighted by atomic mass is 19.4. The maximum Gasteiger partial charge on any atom is 0.416 e. The average molecular weight is 313 g/mol. The SMILES string of the molecule is N[C@@H](c1cc(C(F)(F)F)cc(C(F)(F)F)c1)[C@H](O)C1CC1. The summed E-state index contributed by atoms with van der Waals surface area (Å²) in [6.07, 6.45) is -9.64. The fraction of sp³-hybridized carbons (Fsp3) is 0.538. The van der Waals surface area contributed by atoms with Crippen molar-refractivity contribution in [2.24, 2.45) is 11.7 Å². The van der Waals surface area contributed by atoms with Crippen LogP contribution in [-0.2, 0) is 12.4 Å². The highest BCUT2D eigenvalue weighted by Crippen LogP contribution is 2.40. The van der Waals surface area contributed by atoms with E-state index in [9.17, 15) is 31.4 Å². The van der Waals surface area contributed by atoms with Crippen LogP contribution in [0, 0.1) is 5.92 Å². The molecule has 1 aliphatic carbocycles. The average Bonchev–Trinajstić information content (AvgIpc) is 3.18. The minimum atomic E-state index is -4.92. The highest BCUT2D eigenvalue weighted by molar-refractivity contribution is 5.35. The normalized spacial score (nSPS) is 19.4. The van der Waals surface area contributed by atoms with Gasteiger partial charge in [0.25, 0.3) is 0 Å². The third-order valence-electron chi connectivity index (χ3n) is 3.47. The van der Waals surface area contributed by atoms with E-state index in [0.717, 1.165) is 0 Å². The van der Waals surface area contributed by atoms with Crippen LogP contribution in [-0.4, -0.2) is 11.2 Å². The summed E-state index contributed by atoms with van der Waals surface area (Å²) in [5, 5.41) is 9.81. The van der Waals surface area contributed by atoms with Crippen LogP contribution in [0.3, 0.4) is 0 Å². The van der Waals surface area contributed by atoms with Crippen LogP contribution in [0.25, 0.3) is 0 Å². The molecule has 2 atom stereocenters. The summed E-state index contributed by atoms with van der Waals surface area (Å²) in [6.45, 7) is 0.